The van der Waals surface area contributed by atoms with E-state index in [-0.39, 0.29) is 23.9 Å². The normalized spacial score (nSPS) is 21.2. The number of nitrogens with zero attached hydrogens (tertiary/aromatic N) is 3. The molecule has 1 fully saturated rings. The van der Waals surface area contributed by atoms with Gasteiger partial charge in [0.15, 0.2) is 0 Å². The first-order chi connectivity index (χ1) is 10.0. The lowest BCUT2D eigenvalue weighted by Crippen LogP contribution is -2.56. The van der Waals surface area contributed by atoms with Crippen LogP contribution in [0.25, 0.3) is 0 Å². The largest absolute Gasteiger partial charge is 0.433 e. The minimum absolute atomic E-state index is 0.0762. The van der Waals surface area contributed by atoms with Crippen molar-refractivity contribution in [3.05, 3.63) is 24.0 Å². The highest BCUT2D eigenvalue weighted by molar-refractivity contribution is 7.89. The first-order valence-corrected chi connectivity index (χ1v) is 7.79. The third-order valence-electron chi connectivity index (χ3n) is 3.45. The van der Waals surface area contributed by atoms with E-state index in [2.05, 4.69) is 4.98 Å². The zero-order valence-electron chi connectivity index (χ0n) is 11.8. The summed E-state index contributed by atoms with van der Waals surface area (Å²) in [4.78, 5) is 16.0. The summed E-state index contributed by atoms with van der Waals surface area (Å²) in [6.45, 7) is 1.73. The molecule has 1 aromatic rings. The van der Waals surface area contributed by atoms with Crippen LogP contribution in [0.15, 0.2) is 23.2 Å². The Bertz CT molecular complexity index is 673. The van der Waals surface area contributed by atoms with Crippen LogP contribution >= 0.6 is 0 Å². The monoisotopic (exact) mass is 337 g/mol. The molecule has 0 bridgehead atoms. The fraction of sp³-hybridized carbons (Fsp3) is 0.500. The third-order valence-corrected chi connectivity index (χ3v) is 5.41. The molecule has 22 heavy (non-hydrogen) atoms. The van der Waals surface area contributed by atoms with Crippen LogP contribution in [0.4, 0.5) is 13.2 Å². The molecule has 1 aliphatic heterocycles. The summed E-state index contributed by atoms with van der Waals surface area (Å²) in [6, 6.07) is 0.543. The number of aromatic nitrogens is 1. The van der Waals surface area contributed by atoms with Gasteiger partial charge >= 0.3 is 6.18 Å². The van der Waals surface area contributed by atoms with E-state index in [0.29, 0.717) is 12.3 Å². The number of carbonyl (C=O) groups excluding carboxylic acids is 1. The van der Waals surface area contributed by atoms with E-state index in [4.69, 9.17) is 0 Å². The number of hydrogen-bond donors (Lipinski definition) is 0. The summed E-state index contributed by atoms with van der Waals surface area (Å²) in [7, 11) is -2.52. The molecule has 6 nitrogen and oxygen atoms in total. The van der Waals surface area contributed by atoms with Gasteiger partial charge in [0.25, 0.3) is 0 Å². The lowest BCUT2D eigenvalue weighted by Gasteiger charge is -2.36. The second kappa shape index (κ2) is 5.51. The van der Waals surface area contributed by atoms with Crippen molar-refractivity contribution in [2.24, 2.45) is 0 Å². The maximum absolute atomic E-state index is 12.5. The highest BCUT2D eigenvalue weighted by Gasteiger charge is 2.38. The molecule has 1 amide bonds. The van der Waals surface area contributed by atoms with Crippen molar-refractivity contribution in [3.8, 4) is 0 Å². The molecule has 10 heteroatoms. The predicted octanol–water partition coefficient (Wildman–Crippen LogP) is 0.952. The number of hydrogen-bond acceptors (Lipinski definition) is 4. The van der Waals surface area contributed by atoms with Gasteiger partial charge < -0.3 is 4.90 Å². The molecule has 0 spiro atoms. The average Bonchev–Trinajstić information content (AvgIpc) is 2.44. The smallest absolute Gasteiger partial charge is 0.343 e. The van der Waals surface area contributed by atoms with E-state index in [1.807, 2.05) is 0 Å². The van der Waals surface area contributed by atoms with Gasteiger partial charge in [0.1, 0.15) is 16.6 Å². The van der Waals surface area contributed by atoms with Crippen LogP contribution in [-0.2, 0) is 21.0 Å². The number of halogens is 3. The van der Waals surface area contributed by atoms with Gasteiger partial charge in [-0.25, -0.2) is 8.42 Å². The molecule has 1 saturated heterocycles. The van der Waals surface area contributed by atoms with Gasteiger partial charge in [-0.2, -0.15) is 17.5 Å². The molecular weight excluding hydrogens is 323 g/mol. The summed E-state index contributed by atoms with van der Waals surface area (Å²) < 4.78 is 63.2. The lowest BCUT2D eigenvalue weighted by molar-refractivity contribution is -0.141. The number of amides is 1. The molecule has 0 radical (unpaired) electrons. The molecule has 2 heterocycles. The number of rotatable bonds is 2. The van der Waals surface area contributed by atoms with Crippen LogP contribution in [0.1, 0.15) is 12.6 Å². The fourth-order valence-electron chi connectivity index (χ4n) is 2.16. The number of sulfonamides is 1. The van der Waals surface area contributed by atoms with Crippen LogP contribution in [0.3, 0.4) is 0 Å². The molecule has 1 aliphatic rings. The van der Waals surface area contributed by atoms with Gasteiger partial charge in [0.2, 0.25) is 15.9 Å². The lowest BCUT2D eigenvalue weighted by atomic mass is 10.2. The van der Waals surface area contributed by atoms with Crippen molar-refractivity contribution in [2.45, 2.75) is 24.0 Å². The minimum atomic E-state index is -4.64. The van der Waals surface area contributed by atoms with E-state index in [1.165, 1.54) is 11.8 Å². The summed E-state index contributed by atoms with van der Waals surface area (Å²) in [5.41, 5.74) is -1.17. The molecule has 0 saturated carbocycles. The van der Waals surface area contributed by atoms with Crippen LogP contribution in [0.5, 0.6) is 0 Å². The van der Waals surface area contributed by atoms with Crippen LogP contribution < -0.4 is 0 Å². The van der Waals surface area contributed by atoms with Crippen molar-refractivity contribution in [1.29, 1.82) is 0 Å². The number of likely N-dealkylation sites (N-methyl/N-ethyl adjacent to an activating group) is 1. The predicted molar refractivity (Wildman–Crippen MR) is 70.2 cm³/mol. The van der Waals surface area contributed by atoms with Crippen molar-refractivity contribution < 1.29 is 26.4 Å². The number of piperazine rings is 1. The minimum Gasteiger partial charge on any atom is -0.343 e. The van der Waals surface area contributed by atoms with Crippen LogP contribution in [0.2, 0.25) is 0 Å². The third kappa shape index (κ3) is 2.93. The molecular formula is C12H14F3N3O3S. The standard InChI is InChI=1S/C12H14F3N3O3S/c1-8-11(19)17(2)5-6-18(8)22(20,21)9-3-4-10(16-7-9)12(13,14)15/h3-4,7-8H,5-6H2,1-2H3/t8-/m1/s1. The summed E-state index contributed by atoms with van der Waals surface area (Å²) in [6.07, 6.45) is -3.98. The highest BCUT2D eigenvalue weighted by Crippen LogP contribution is 2.28. The Labute approximate surface area is 125 Å². The molecule has 1 atom stereocenters. The van der Waals surface area contributed by atoms with E-state index >= 15 is 0 Å². The zero-order valence-corrected chi connectivity index (χ0v) is 12.6. The van der Waals surface area contributed by atoms with E-state index in [0.717, 1.165) is 10.4 Å². The Morgan fingerprint density at radius 2 is 1.91 bits per heavy atom. The summed E-state index contributed by atoms with van der Waals surface area (Å²) in [5.74, 6) is -0.366. The molecule has 2 rings (SSSR count). The quantitative estimate of drug-likeness (QED) is 0.806. The summed E-state index contributed by atoms with van der Waals surface area (Å²) in [5, 5.41) is 0. The molecule has 0 unspecified atom stereocenters. The topological polar surface area (TPSA) is 70.6 Å². The Morgan fingerprint density at radius 1 is 1.27 bits per heavy atom. The Balaban J connectivity index is 2.33. The van der Waals surface area contributed by atoms with Gasteiger partial charge in [0.05, 0.1) is 0 Å². The van der Waals surface area contributed by atoms with Crippen LogP contribution in [-0.4, -0.2) is 54.7 Å². The highest BCUT2D eigenvalue weighted by atomic mass is 32.2. The summed E-state index contributed by atoms with van der Waals surface area (Å²) >= 11 is 0. The van der Waals surface area contributed by atoms with Gasteiger partial charge in [-0.15, -0.1) is 0 Å². The van der Waals surface area contributed by atoms with E-state index < -0.39 is 27.9 Å². The van der Waals surface area contributed by atoms with E-state index in [1.54, 1.807) is 7.05 Å². The zero-order chi connectivity index (χ0) is 16.7. The molecule has 122 valence electrons. The van der Waals surface area contributed by atoms with Crippen molar-refractivity contribution >= 4 is 15.9 Å². The first kappa shape index (κ1) is 16.7. The molecule has 0 aromatic carbocycles. The Hall–Kier alpha value is -1.68. The average molecular weight is 337 g/mol. The van der Waals surface area contributed by atoms with Crippen molar-refractivity contribution in [1.82, 2.24) is 14.2 Å². The molecule has 0 aliphatic carbocycles. The number of pyridine rings is 1. The van der Waals surface area contributed by atoms with E-state index in [9.17, 15) is 26.4 Å². The van der Waals surface area contributed by atoms with Crippen LogP contribution in [0, 0.1) is 0 Å². The number of alkyl halides is 3. The maximum Gasteiger partial charge on any atom is 0.433 e. The Morgan fingerprint density at radius 3 is 2.41 bits per heavy atom. The van der Waals surface area contributed by atoms with Gasteiger partial charge in [0, 0.05) is 26.3 Å². The van der Waals surface area contributed by atoms with Gasteiger partial charge in [-0.3, -0.25) is 9.78 Å². The maximum atomic E-state index is 12.5. The molecule has 0 N–H and O–H groups in total. The first-order valence-electron chi connectivity index (χ1n) is 6.35. The second-order valence-corrected chi connectivity index (χ2v) is 6.82. The van der Waals surface area contributed by atoms with Gasteiger partial charge in [-0.05, 0) is 19.1 Å². The fourth-order valence-corrected chi connectivity index (χ4v) is 3.68. The van der Waals surface area contributed by atoms with Gasteiger partial charge in [-0.1, -0.05) is 0 Å². The SMILES string of the molecule is C[C@@H]1C(=O)N(C)CCN1S(=O)(=O)c1ccc(C(F)(F)F)nc1. The van der Waals surface area contributed by atoms with Crippen molar-refractivity contribution in [3.63, 3.8) is 0 Å². The number of carbonyl (C=O) groups is 1. The second-order valence-electron chi connectivity index (χ2n) is 4.93. The molecule has 1 aromatic heterocycles. The van der Waals surface area contributed by atoms with Crippen molar-refractivity contribution in [2.75, 3.05) is 20.1 Å². The Kier molecular flexibility index (Phi) is 4.18.